The summed E-state index contributed by atoms with van der Waals surface area (Å²) in [5, 5.41) is 11.9. The van der Waals surface area contributed by atoms with Crippen LogP contribution in [0.2, 0.25) is 0 Å². The molecule has 8 heteroatoms. The Morgan fingerprint density at radius 3 is 2.70 bits per heavy atom. The monoisotopic (exact) mass is 293 g/mol. The molecular weight excluding hydrogens is 282 g/mol. The molecule has 104 valence electrons. The first-order chi connectivity index (χ1) is 9.61. The second-order valence-corrected chi connectivity index (χ2v) is 4.72. The average Bonchev–Trinajstić information content (AvgIpc) is 2.84. The molecule has 0 radical (unpaired) electrons. The van der Waals surface area contributed by atoms with Gasteiger partial charge in [-0.3, -0.25) is 15.1 Å². The zero-order valence-electron chi connectivity index (χ0n) is 10.5. The molecule has 0 saturated carbocycles. The third-order valence-electron chi connectivity index (χ3n) is 2.30. The largest absolute Gasteiger partial charge is 0.477 e. The van der Waals surface area contributed by atoms with E-state index < -0.39 is 5.97 Å². The normalized spacial score (nSPS) is 10.2. The van der Waals surface area contributed by atoms with Crippen molar-refractivity contribution in [1.29, 1.82) is 0 Å². The highest BCUT2D eigenvalue weighted by Gasteiger charge is 2.19. The van der Waals surface area contributed by atoms with Crippen LogP contribution in [0.3, 0.4) is 0 Å². The van der Waals surface area contributed by atoms with Gasteiger partial charge in [-0.15, -0.1) is 0 Å². The van der Waals surface area contributed by atoms with E-state index in [1.165, 1.54) is 7.11 Å². The first kappa shape index (κ1) is 14.1. The Balaban J connectivity index is 2.34. The molecule has 2 heterocycles. The first-order valence-corrected chi connectivity index (χ1v) is 6.36. The van der Waals surface area contributed by atoms with E-state index in [4.69, 9.17) is 0 Å². The number of methoxy groups -OCH3 is 1. The number of rotatable bonds is 5. The van der Waals surface area contributed by atoms with Crippen LogP contribution in [0.4, 0.5) is 5.13 Å². The summed E-state index contributed by atoms with van der Waals surface area (Å²) in [6, 6.07) is 3.31. The minimum absolute atomic E-state index is 0.0592. The number of thiazole rings is 1. The molecule has 0 unspecified atom stereocenters. The van der Waals surface area contributed by atoms with E-state index in [2.05, 4.69) is 20.0 Å². The van der Waals surface area contributed by atoms with E-state index in [9.17, 15) is 14.7 Å². The Labute approximate surface area is 118 Å². The maximum absolute atomic E-state index is 11.4. The number of aromatic nitrogens is 2. The minimum atomic E-state index is -1.10. The number of hydrogen-bond acceptors (Lipinski definition) is 6. The van der Waals surface area contributed by atoms with E-state index in [-0.39, 0.29) is 22.5 Å². The number of carbonyl (C=O) groups excluding carboxylic acids is 1. The van der Waals surface area contributed by atoms with Gasteiger partial charge in [0, 0.05) is 25.1 Å². The predicted octanol–water partition coefficient (Wildman–Crippen LogP) is 1.49. The molecule has 7 nitrogen and oxygen atoms in total. The third-order valence-corrected chi connectivity index (χ3v) is 3.26. The van der Waals surface area contributed by atoms with Crippen LogP contribution in [-0.4, -0.2) is 40.7 Å². The molecule has 0 spiro atoms. The zero-order chi connectivity index (χ0) is 14.5. The average molecular weight is 293 g/mol. The molecule has 0 aliphatic rings. The Hall–Kier alpha value is -2.32. The van der Waals surface area contributed by atoms with Crippen LogP contribution in [0.1, 0.15) is 9.67 Å². The molecule has 0 aliphatic heterocycles. The van der Waals surface area contributed by atoms with Gasteiger partial charge in [0.25, 0.3) is 5.91 Å². The van der Waals surface area contributed by atoms with Crippen LogP contribution in [0.25, 0.3) is 11.3 Å². The number of amides is 1. The fourth-order valence-electron chi connectivity index (χ4n) is 1.51. The highest BCUT2D eigenvalue weighted by molar-refractivity contribution is 7.18. The van der Waals surface area contributed by atoms with Gasteiger partial charge in [0.15, 0.2) is 5.13 Å². The quantitative estimate of drug-likeness (QED) is 0.866. The van der Waals surface area contributed by atoms with Crippen molar-refractivity contribution in [1.82, 2.24) is 9.97 Å². The Kier molecular flexibility index (Phi) is 4.38. The lowest BCUT2D eigenvalue weighted by molar-refractivity contribution is -0.119. The molecule has 0 aromatic carbocycles. The van der Waals surface area contributed by atoms with E-state index in [1.54, 1.807) is 24.5 Å². The number of ether oxygens (including phenoxy) is 1. The summed E-state index contributed by atoms with van der Waals surface area (Å²) in [5.74, 6) is -1.49. The third kappa shape index (κ3) is 3.16. The van der Waals surface area contributed by atoms with Crippen LogP contribution in [-0.2, 0) is 9.53 Å². The molecule has 0 bridgehead atoms. The molecular formula is C12H11N3O4S. The number of carboxylic acids is 1. The standard InChI is InChI=1S/C12H11N3O4S/c1-19-6-8(16)14-12-15-9(10(20-12)11(17)18)7-2-4-13-5-3-7/h2-5H,6H2,1H3,(H,17,18)(H,14,15,16). The molecule has 20 heavy (non-hydrogen) atoms. The predicted molar refractivity (Wildman–Crippen MR) is 72.8 cm³/mol. The lowest BCUT2D eigenvalue weighted by Gasteiger charge is -1.99. The molecule has 0 saturated heterocycles. The van der Waals surface area contributed by atoms with E-state index in [0.29, 0.717) is 11.3 Å². The van der Waals surface area contributed by atoms with Crippen molar-refractivity contribution in [2.24, 2.45) is 0 Å². The fraction of sp³-hybridized carbons (Fsp3) is 0.167. The number of nitrogens with one attached hydrogen (secondary N) is 1. The summed E-state index contributed by atoms with van der Waals surface area (Å²) in [6.07, 6.45) is 3.09. The molecule has 0 fully saturated rings. The van der Waals surface area contributed by atoms with Gasteiger partial charge in [0.2, 0.25) is 0 Å². The molecule has 2 rings (SSSR count). The van der Waals surface area contributed by atoms with E-state index in [1.807, 2.05) is 0 Å². The summed E-state index contributed by atoms with van der Waals surface area (Å²) in [7, 11) is 1.40. The van der Waals surface area contributed by atoms with Crippen molar-refractivity contribution < 1.29 is 19.4 Å². The van der Waals surface area contributed by atoms with Gasteiger partial charge in [-0.25, -0.2) is 9.78 Å². The molecule has 1 amide bonds. The summed E-state index contributed by atoms with van der Waals surface area (Å²) < 4.78 is 4.69. The number of carboxylic acid groups (broad SMARTS) is 1. The van der Waals surface area contributed by atoms with Crippen molar-refractivity contribution in [2.45, 2.75) is 0 Å². The molecule has 0 aliphatic carbocycles. The van der Waals surface area contributed by atoms with Gasteiger partial charge in [0.1, 0.15) is 11.5 Å². The minimum Gasteiger partial charge on any atom is -0.477 e. The number of anilines is 1. The van der Waals surface area contributed by atoms with E-state index >= 15 is 0 Å². The van der Waals surface area contributed by atoms with Crippen molar-refractivity contribution in [2.75, 3.05) is 19.0 Å². The van der Waals surface area contributed by atoms with Crippen LogP contribution in [0, 0.1) is 0 Å². The maximum Gasteiger partial charge on any atom is 0.348 e. The van der Waals surface area contributed by atoms with Gasteiger partial charge < -0.3 is 9.84 Å². The van der Waals surface area contributed by atoms with Crippen molar-refractivity contribution >= 4 is 28.3 Å². The highest BCUT2D eigenvalue weighted by atomic mass is 32.1. The van der Waals surface area contributed by atoms with Gasteiger partial charge in [-0.2, -0.15) is 0 Å². The van der Waals surface area contributed by atoms with Crippen molar-refractivity contribution in [3.05, 3.63) is 29.4 Å². The van der Waals surface area contributed by atoms with Crippen LogP contribution < -0.4 is 5.32 Å². The molecule has 2 aromatic rings. The van der Waals surface area contributed by atoms with Crippen LogP contribution in [0.15, 0.2) is 24.5 Å². The topological polar surface area (TPSA) is 101 Å². The SMILES string of the molecule is COCC(=O)Nc1nc(-c2ccncc2)c(C(=O)O)s1. The number of nitrogens with zero attached hydrogens (tertiary/aromatic N) is 2. The summed E-state index contributed by atoms with van der Waals surface area (Å²) in [4.78, 5) is 30.7. The Morgan fingerprint density at radius 2 is 2.10 bits per heavy atom. The number of aromatic carboxylic acids is 1. The highest BCUT2D eigenvalue weighted by Crippen LogP contribution is 2.30. The Bertz CT molecular complexity index is 627. The Morgan fingerprint density at radius 1 is 1.40 bits per heavy atom. The summed E-state index contributed by atoms with van der Waals surface area (Å²) in [6.45, 7) is -0.118. The number of pyridine rings is 1. The van der Waals surface area contributed by atoms with Crippen LogP contribution in [0.5, 0.6) is 0 Å². The molecule has 2 aromatic heterocycles. The van der Waals surface area contributed by atoms with Gasteiger partial charge in [-0.05, 0) is 12.1 Å². The smallest absolute Gasteiger partial charge is 0.348 e. The van der Waals surface area contributed by atoms with Gasteiger partial charge in [0.05, 0.1) is 5.69 Å². The summed E-state index contributed by atoms with van der Waals surface area (Å²) >= 11 is 0.898. The number of hydrogen-bond donors (Lipinski definition) is 2. The van der Waals surface area contributed by atoms with Gasteiger partial charge in [-0.1, -0.05) is 11.3 Å². The second-order valence-electron chi connectivity index (χ2n) is 3.72. The summed E-state index contributed by atoms with van der Waals surface area (Å²) in [5.41, 5.74) is 0.929. The molecule has 2 N–H and O–H groups in total. The first-order valence-electron chi connectivity index (χ1n) is 5.55. The maximum atomic E-state index is 11.4. The van der Waals surface area contributed by atoms with Crippen molar-refractivity contribution in [3.63, 3.8) is 0 Å². The van der Waals surface area contributed by atoms with E-state index in [0.717, 1.165) is 11.3 Å². The lowest BCUT2D eigenvalue weighted by Crippen LogP contribution is -2.16. The fourth-order valence-corrected chi connectivity index (χ4v) is 2.35. The lowest BCUT2D eigenvalue weighted by atomic mass is 10.2. The molecule has 0 atom stereocenters. The van der Waals surface area contributed by atoms with Crippen LogP contribution >= 0.6 is 11.3 Å². The zero-order valence-corrected chi connectivity index (χ0v) is 11.3. The van der Waals surface area contributed by atoms with Crippen molar-refractivity contribution in [3.8, 4) is 11.3 Å². The number of carbonyl (C=O) groups is 2. The van der Waals surface area contributed by atoms with Gasteiger partial charge >= 0.3 is 5.97 Å². The second kappa shape index (κ2) is 6.22.